The normalized spacial score (nSPS) is 11.0. The lowest BCUT2D eigenvalue weighted by Gasteiger charge is -1.98. The maximum absolute atomic E-state index is 12.1. The lowest BCUT2D eigenvalue weighted by molar-refractivity contribution is 0.104. The first-order valence-electron chi connectivity index (χ1n) is 6.32. The molecule has 0 saturated heterocycles. The summed E-state index contributed by atoms with van der Waals surface area (Å²) >= 11 is 0. The SMILES string of the molecule is O=C(C=Cc1ccccc1)c1cnc2ccccc2n1. The van der Waals surface area contributed by atoms with Gasteiger partial charge in [0.15, 0.2) is 0 Å². The van der Waals surface area contributed by atoms with Gasteiger partial charge in [0.05, 0.1) is 17.2 Å². The number of carbonyl (C=O) groups excluding carboxylic acids is 1. The number of hydrogen-bond acceptors (Lipinski definition) is 3. The largest absolute Gasteiger partial charge is 0.287 e. The van der Waals surface area contributed by atoms with E-state index in [1.54, 1.807) is 6.08 Å². The molecule has 1 aromatic heterocycles. The van der Waals surface area contributed by atoms with Gasteiger partial charge in [-0.15, -0.1) is 0 Å². The van der Waals surface area contributed by atoms with Gasteiger partial charge in [-0.3, -0.25) is 9.78 Å². The fourth-order valence-corrected chi connectivity index (χ4v) is 1.90. The predicted octanol–water partition coefficient (Wildman–Crippen LogP) is 3.53. The van der Waals surface area contributed by atoms with E-state index in [0.29, 0.717) is 5.69 Å². The van der Waals surface area contributed by atoms with Gasteiger partial charge >= 0.3 is 0 Å². The van der Waals surface area contributed by atoms with Crippen molar-refractivity contribution >= 4 is 22.9 Å². The highest BCUT2D eigenvalue weighted by molar-refractivity contribution is 6.06. The number of benzene rings is 2. The number of ketones is 1. The first-order valence-corrected chi connectivity index (χ1v) is 6.32. The van der Waals surface area contributed by atoms with Crippen molar-refractivity contribution in [2.75, 3.05) is 0 Å². The molecule has 0 spiro atoms. The van der Waals surface area contributed by atoms with Crippen molar-refractivity contribution in [3.05, 3.63) is 78.1 Å². The molecule has 0 amide bonds. The second-order valence-corrected chi connectivity index (χ2v) is 4.35. The van der Waals surface area contributed by atoms with E-state index in [1.807, 2.05) is 54.6 Å². The summed E-state index contributed by atoms with van der Waals surface area (Å²) in [5.74, 6) is -0.146. The Morgan fingerprint density at radius 2 is 1.60 bits per heavy atom. The molecule has 0 bridgehead atoms. The summed E-state index contributed by atoms with van der Waals surface area (Å²) in [5.41, 5.74) is 2.85. The predicted molar refractivity (Wildman–Crippen MR) is 79.3 cm³/mol. The Morgan fingerprint density at radius 3 is 2.40 bits per heavy atom. The van der Waals surface area contributed by atoms with Crippen LogP contribution in [0, 0.1) is 0 Å². The molecule has 0 fully saturated rings. The summed E-state index contributed by atoms with van der Waals surface area (Å²) in [6, 6.07) is 17.2. The van der Waals surface area contributed by atoms with E-state index in [-0.39, 0.29) is 5.78 Å². The Hall–Kier alpha value is -2.81. The van der Waals surface area contributed by atoms with Gasteiger partial charge in [0.25, 0.3) is 0 Å². The number of allylic oxidation sites excluding steroid dienone is 1. The van der Waals surface area contributed by atoms with E-state index in [1.165, 1.54) is 12.3 Å². The monoisotopic (exact) mass is 260 g/mol. The van der Waals surface area contributed by atoms with Crippen LogP contribution in [0.2, 0.25) is 0 Å². The topological polar surface area (TPSA) is 42.9 Å². The van der Waals surface area contributed by atoms with Gasteiger partial charge in [-0.1, -0.05) is 48.5 Å². The summed E-state index contributed by atoms with van der Waals surface area (Å²) in [7, 11) is 0. The molecular formula is C17H12N2O. The Labute approximate surface area is 116 Å². The molecule has 0 radical (unpaired) electrons. The zero-order valence-electron chi connectivity index (χ0n) is 10.7. The zero-order chi connectivity index (χ0) is 13.8. The molecule has 1 heterocycles. The minimum Gasteiger partial charge on any atom is -0.287 e. The van der Waals surface area contributed by atoms with E-state index in [2.05, 4.69) is 9.97 Å². The van der Waals surface area contributed by atoms with Crippen molar-refractivity contribution < 1.29 is 4.79 Å². The van der Waals surface area contributed by atoms with Gasteiger partial charge in [0.1, 0.15) is 5.69 Å². The van der Waals surface area contributed by atoms with Crippen LogP contribution in [0.3, 0.4) is 0 Å². The maximum Gasteiger partial charge on any atom is 0.205 e. The molecule has 0 atom stereocenters. The molecule has 96 valence electrons. The first-order chi connectivity index (χ1) is 9.83. The van der Waals surface area contributed by atoms with Crippen molar-refractivity contribution in [1.29, 1.82) is 0 Å². The molecule has 3 rings (SSSR count). The summed E-state index contributed by atoms with van der Waals surface area (Å²) in [4.78, 5) is 20.6. The maximum atomic E-state index is 12.1. The van der Waals surface area contributed by atoms with Gasteiger partial charge in [-0.2, -0.15) is 0 Å². The van der Waals surface area contributed by atoms with Gasteiger partial charge in [-0.05, 0) is 23.8 Å². The molecule has 0 N–H and O–H groups in total. The van der Waals surface area contributed by atoms with Gasteiger partial charge in [0.2, 0.25) is 5.78 Å². The number of rotatable bonds is 3. The van der Waals surface area contributed by atoms with Crippen LogP contribution < -0.4 is 0 Å². The molecule has 2 aromatic carbocycles. The summed E-state index contributed by atoms with van der Waals surface area (Å²) < 4.78 is 0. The fraction of sp³-hybridized carbons (Fsp3) is 0. The Bertz CT molecular complexity index is 779. The molecule has 3 nitrogen and oxygen atoms in total. The van der Waals surface area contributed by atoms with Crippen LogP contribution in [0.1, 0.15) is 16.1 Å². The van der Waals surface area contributed by atoms with Crippen molar-refractivity contribution in [2.24, 2.45) is 0 Å². The van der Waals surface area contributed by atoms with E-state index in [9.17, 15) is 4.79 Å². The highest BCUT2D eigenvalue weighted by Crippen LogP contribution is 2.10. The van der Waals surface area contributed by atoms with Crippen molar-refractivity contribution in [1.82, 2.24) is 9.97 Å². The third kappa shape index (κ3) is 2.62. The number of hydrogen-bond donors (Lipinski definition) is 0. The average molecular weight is 260 g/mol. The highest BCUT2D eigenvalue weighted by Gasteiger charge is 2.05. The lowest BCUT2D eigenvalue weighted by Crippen LogP contribution is -1.99. The minimum absolute atomic E-state index is 0.146. The Balaban J connectivity index is 1.87. The number of aromatic nitrogens is 2. The van der Waals surface area contributed by atoms with E-state index in [4.69, 9.17) is 0 Å². The summed E-state index contributed by atoms with van der Waals surface area (Å²) in [6.45, 7) is 0. The smallest absolute Gasteiger partial charge is 0.205 e. The summed E-state index contributed by atoms with van der Waals surface area (Å²) in [6.07, 6.45) is 4.81. The standard InChI is InChI=1S/C17H12N2O/c20-17(11-10-13-6-2-1-3-7-13)16-12-18-14-8-4-5-9-15(14)19-16/h1-12H. The van der Waals surface area contributed by atoms with Gasteiger partial charge in [0, 0.05) is 0 Å². The lowest BCUT2D eigenvalue weighted by atomic mass is 10.2. The van der Waals surface area contributed by atoms with Crippen LogP contribution in [0.5, 0.6) is 0 Å². The Morgan fingerprint density at radius 1 is 0.900 bits per heavy atom. The number of nitrogens with zero attached hydrogens (tertiary/aromatic N) is 2. The van der Waals surface area contributed by atoms with Crippen LogP contribution in [0.15, 0.2) is 66.9 Å². The number of carbonyl (C=O) groups is 1. The fourth-order valence-electron chi connectivity index (χ4n) is 1.90. The van der Waals surface area contributed by atoms with Crippen LogP contribution in [-0.4, -0.2) is 15.8 Å². The average Bonchev–Trinajstić information content (AvgIpc) is 2.53. The van der Waals surface area contributed by atoms with E-state index in [0.717, 1.165) is 16.6 Å². The molecular weight excluding hydrogens is 248 g/mol. The third-order valence-corrected chi connectivity index (χ3v) is 2.93. The van der Waals surface area contributed by atoms with Gasteiger partial charge in [-0.25, -0.2) is 4.98 Å². The zero-order valence-corrected chi connectivity index (χ0v) is 10.7. The van der Waals surface area contributed by atoms with Crippen molar-refractivity contribution in [3.63, 3.8) is 0 Å². The summed E-state index contributed by atoms with van der Waals surface area (Å²) in [5, 5.41) is 0. The second kappa shape index (κ2) is 5.45. The minimum atomic E-state index is -0.146. The molecule has 0 aliphatic rings. The van der Waals surface area contributed by atoms with E-state index >= 15 is 0 Å². The molecule has 20 heavy (non-hydrogen) atoms. The highest BCUT2D eigenvalue weighted by atomic mass is 16.1. The van der Waals surface area contributed by atoms with Crippen LogP contribution in [0.25, 0.3) is 17.1 Å². The second-order valence-electron chi connectivity index (χ2n) is 4.35. The van der Waals surface area contributed by atoms with E-state index < -0.39 is 0 Å². The molecule has 0 unspecified atom stereocenters. The molecule has 3 aromatic rings. The molecule has 0 aliphatic carbocycles. The number of fused-ring (bicyclic) bond motifs is 1. The Kier molecular flexibility index (Phi) is 3.33. The van der Waals surface area contributed by atoms with Crippen LogP contribution in [-0.2, 0) is 0 Å². The quantitative estimate of drug-likeness (QED) is 0.534. The van der Waals surface area contributed by atoms with Crippen LogP contribution >= 0.6 is 0 Å². The molecule has 0 aliphatic heterocycles. The number of para-hydroxylation sites is 2. The molecule has 0 saturated carbocycles. The first kappa shape index (κ1) is 12.2. The third-order valence-electron chi connectivity index (χ3n) is 2.93. The van der Waals surface area contributed by atoms with Gasteiger partial charge < -0.3 is 0 Å². The molecule has 3 heteroatoms. The van der Waals surface area contributed by atoms with Crippen LogP contribution in [0.4, 0.5) is 0 Å². The van der Waals surface area contributed by atoms with Crippen molar-refractivity contribution in [3.8, 4) is 0 Å². The van der Waals surface area contributed by atoms with Crippen molar-refractivity contribution in [2.45, 2.75) is 0 Å².